The number of amides is 1. The summed E-state index contributed by atoms with van der Waals surface area (Å²) in [5.41, 5.74) is 0. The van der Waals surface area contributed by atoms with Crippen molar-refractivity contribution in [3.8, 4) is 5.75 Å². The zero-order chi connectivity index (χ0) is 17.3. The van der Waals surface area contributed by atoms with Crippen LogP contribution in [-0.2, 0) is 19.4 Å². The quantitative estimate of drug-likeness (QED) is 0.618. The van der Waals surface area contributed by atoms with Crippen molar-refractivity contribution in [3.05, 3.63) is 24.3 Å². The highest BCUT2D eigenvalue weighted by Gasteiger charge is 2.06. The molecule has 2 N–H and O–H groups in total. The average Bonchev–Trinajstić information content (AvgIpc) is 2.47. The predicted molar refractivity (Wildman–Crippen MR) is 84.2 cm³/mol. The highest BCUT2D eigenvalue weighted by atomic mass is 32.2. The van der Waals surface area contributed by atoms with Crippen LogP contribution in [0.3, 0.4) is 0 Å². The summed E-state index contributed by atoms with van der Waals surface area (Å²) in [5, 5.41) is 11.1. The minimum Gasteiger partial charge on any atom is -0.494 e. The lowest BCUT2D eigenvalue weighted by Crippen LogP contribution is -2.25. The Morgan fingerprint density at radius 1 is 1.13 bits per heavy atom. The molecule has 8 heteroatoms. The Hall–Kier alpha value is -2.09. The van der Waals surface area contributed by atoms with Crippen LogP contribution in [0.15, 0.2) is 29.2 Å². The number of aliphatic carboxylic acids is 1. The van der Waals surface area contributed by atoms with Crippen LogP contribution in [0.25, 0.3) is 0 Å². The van der Waals surface area contributed by atoms with Crippen molar-refractivity contribution >= 4 is 21.7 Å². The summed E-state index contributed by atoms with van der Waals surface area (Å²) in [4.78, 5) is 22.0. The molecule has 0 aliphatic heterocycles. The molecule has 1 aromatic carbocycles. The summed E-state index contributed by atoms with van der Waals surface area (Å²) in [7, 11) is -3.22. The van der Waals surface area contributed by atoms with E-state index in [0.717, 1.165) is 6.26 Å². The molecule has 0 fully saturated rings. The standard InChI is InChI=1S/C15H21NO6S/c1-23(20,21)13-8-6-12(7-9-13)22-11-3-4-14(17)16-10-2-5-15(18)19/h6-9H,2-5,10-11H2,1H3,(H,16,17)(H,18,19). The number of carboxylic acids is 1. The molecule has 7 nitrogen and oxygen atoms in total. The molecule has 0 aliphatic rings. The van der Waals surface area contributed by atoms with Gasteiger partial charge >= 0.3 is 5.97 Å². The number of sulfone groups is 1. The third-order valence-electron chi connectivity index (χ3n) is 2.96. The van der Waals surface area contributed by atoms with E-state index in [4.69, 9.17) is 9.84 Å². The first-order valence-electron chi connectivity index (χ1n) is 7.20. The minimum atomic E-state index is -3.22. The lowest BCUT2D eigenvalue weighted by atomic mass is 10.3. The monoisotopic (exact) mass is 343 g/mol. The van der Waals surface area contributed by atoms with E-state index >= 15 is 0 Å². The fourth-order valence-electron chi connectivity index (χ4n) is 1.76. The van der Waals surface area contributed by atoms with Gasteiger partial charge in [0.05, 0.1) is 11.5 Å². The molecule has 0 saturated carbocycles. The molecule has 0 spiro atoms. The van der Waals surface area contributed by atoms with Crippen LogP contribution >= 0.6 is 0 Å². The third-order valence-corrected chi connectivity index (χ3v) is 4.09. The second-order valence-electron chi connectivity index (χ2n) is 5.04. The largest absolute Gasteiger partial charge is 0.494 e. The number of carboxylic acid groups (broad SMARTS) is 1. The van der Waals surface area contributed by atoms with Gasteiger partial charge in [-0.1, -0.05) is 0 Å². The molecule has 0 aromatic heterocycles. The summed E-state index contributed by atoms with van der Waals surface area (Å²) in [6.07, 6.45) is 2.38. The zero-order valence-electron chi connectivity index (χ0n) is 12.9. The molecule has 0 heterocycles. The molecule has 0 aliphatic carbocycles. The number of carbonyl (C=O) groups excluding carboxylic acids is 1. The normalized spacial score (nSPS) is 11.0. The molecular weight excluding hydrogens is 322 g/mol. The molecule has 1 rings (SSSR count). The Kier molecular flexibility index (Phi) is 7.53. The van der Waals surface area contributed by atoms with Gasteiger partial charge in [0.1, 0.15) is 5.75 Å². The van der Waals surface area contributed by atoms with Gasteiger partial charge in [0, 0.05) is 25.6 Å². The first-order valence-corrected chi connectivity index (χ1v) is 9.09. The van der Waals surface area contributed by atoms with E-state index in [1.807, 2.05) is 0 Å². The molecule has 0 atom stereocenters. The van der Waals surface area contributed by atoms with Crippen molar-refractivity contribution in [1.82, 2.24) is 5.32 Å². The Morgan fingerprint density at radius 3 is 2.35 bits per heavy atom. The SMILES string of the molecule is CS(=O)(=O)c1ccc(OCCCC(=O)NCCCC(=O)O)cc1. The van der Waals surface area contributed by atoms with E-state index in [2.05, 4.69) is 5.32 Å². The Morgan fingerprint density at radius 2 is 1.78 bits per heavy atom. The van der Waals surface area contributed by atoms with Crippen molar-refractivity contribution in [2.24, 2.45) is 0 Å². The first kappa shape index (κ1) is 19.0. The zero-order valence-corrected chi connectivity index (χ0v) is 13.8. The van der Waals surface area contributed by atoms with Gasteiger partial charge in [0.25, 0.3) is 0 Å². The summed E-state index contributed by atoms with van der Waals surface area (Å²) >= 11 is 0. The van der Waals surface area contributed by atoms with E-state index in [1.165, 1.54) is 12.1 Å². The maximum Gasteiger partial charge on any atom is 0.303 e. The topological polar surface area (TPSA) is 110 Å². The molecular formula is C15H21NO6S. The van der Waals surface area contributed by atoms with Crippen LogP contribution in [0.1, 0.15) is 25.7 Å². The van der Waals surface area contributed by atoms with E-state index in [1.54, 1.807) is 12.1 Å². The van der Waals surface area contributed by atoms with Crippen molar-refractivity contribution in [3.63, 3.8) is 0 Å². The van der Waals surface area contributed by atoms with E-state index < -0.39 is 15.8 Å². The smallest absolute Gasteiger partial charge is 0.303 e. The van der Waals surface area contributed by atoms with Gasteiger partial charge in [-0.15, -0.1) is 0 Å². The number of hydrogen-bond donors (Lipinski definition) is 2. The molecule has 0 saturated heterocycles. The van der Waals surface area contributed by atoms with Gasteiger partial charge in [-0.2, -0.15) is 0 Å². The molecule has 128 valence electrons. The number of ether oxygens (including phenoxy) is 1. The van der Waals surface area contributed by atoms with Gasteiger partial charge in [0.2, 0.25) is 5.91 Å². The van der Waals surface area contributed by atoms with Crippen LogP contribution in [0.4, 0.5) is 0 Å². The van der Waals surface area contributed by atoms with Crippen molar-refractivity contribution < 1.29 is 27.9 Å². The van der Waals surface area contributed by atoms with Crippen LogP contribution in [0, 0.1) is 0 Å². The van der Waals surface area contributed by atoms with Gasteiger partial charge in [-0.25, -0.2) is 8.42 Å². The minimum absolute atomic E-state index is 0.0346. The molecule has 1 aromatic rings. The average molecular weight is 343 g/mol. The lowest BCUT2D eigenvalue weighted by Gasteiger charge is -2.07. The van der Waals surface area contributed by atoms with E-state index in [0.29, 0.717) is 31.7 Å². The highest BCUT2D eigenvalue weighted by molar-refractivity contribution is 7.90. The number of hydrogen-bond acceptors (Lipinski definition) is 5. The molecule has 0 radical (unpaired) electrons. The predicted octanol–water partition coefficient (Wildman–Crippen LogP) is 1.23. The summed E-state index contributed by atoms with van der Waals surface area (Å²) in [6, 6.07) is 6.09. The van der Waals surface area contributed by atoms with Gasteiger partial charge < -0.3 is 15.2 Å². The Labute approximate surface area is 135 Å². The lowest BCUT2D eigenvalue weighted by molar-refractivity contribution is -0.137. The maximum absolute atomic E-state index is 11.5. The molecule has 1 amide bonds. The highest BCUT2D eigenvalue weighted by Crippen LogP contribution is 2.16. The second kappa shape index (κ2) is 9.14. The third kappa shape index (κ3) is 8.20. The van der Waals surface area contributed by atoms with Crippen molar-refractivity contribution in [2.75, 3.05) is 19.4 Å². The number of nitrogens with one attached hydrogen (secondary N) is 1. The summed E-state index contributed by atoms with van der Waals surface area (Å²) < 4.78 is 28.0. The van der Waals surface area contributed by atoms with Gasteiger partial charge in [0.15, 0.2) is 9.84 Å². The first-order chi connectivity index (χ1) is 10.8. The second-order valence-corrected chi connectivity index (χ2v) is 7.06. The fraction of sp³-hybridized carbons (Fsp3) is 0.467. The maximum atomic E-state index is 11.5. The number of rotatable bonds is 10. The van der Waals surface area contributed by atoms with Crippen molar-refractivity contribution in [1.29, 1.82) is 0 Å². The number of carbonyl (C=O) groups is 2. The van der Waals surface area contributed by atoms with Gasteiger partial charge in [-0.05, 0) is 37.1 Å². The molecule has 0 bridgehead atoms. The van der Waals surface area contributed by atoms with Crippen LogP contribution < -0.4 is 10.1 Å². The van der Waals surface area contributed by atoms with Crippen LogP contribution in [0.2, 0.25) is 0 Å². The summed E-state index contributed by atoms with van der Waals surface area (Å²) in [6.45, 7) is 0.680. The van der Waals surface area contributed by atoms with Crippen LogP contribution in [0.5, 0.6) is 5.75 Å². The fourth-order valence-corrected chi connectivity index (χ4v) is 2.39. The van der Waals surface area contributed by atoms with E-state index in [9.17, 15) is 18.0 Å². The molecule has 0 unspecified atom stereocenters. The number of benzene rings is 1. The van der Waals surface area contributed by atoms with E-state index in [-0.39, 0.29) is 23.6 Å². The Balaban J connectivity index is 2.19. The Bertz CT molecular complexity index is 624. The van der Waals surface area contributed by atoms with Gasteiger partial charge in [-0.3, -0.25) is 9.59 Å². The molecule has 23 heavy (non-hydrogen) atoms. The summed E-state index contributed by atoms with van der Waals surface area (Å²) in [5.74, 6) is -0.486. The van der Waals surface area contributed by atoms with Crippen molar-refractivity contribution in [2.45, 2.75) is 30.6 Å². The van der Waals surface area contributed by atoms with Crippen LogP contribution in [-0.4, -0.2) is 44.8 Å².